The monoisotopic (exact) mass is 166 g/mol. The fraction of sp³-hybridized carbons (Fsp3) is 0.200. The highest BCUT2D eigenvalue weighted by molar-refractivity contribution is 5.58. The second-order valence-electron chi connectivity index (χ2n) is 2.92. The van der Waals surface area contributed by atoms with Crippen molar-refractivity contribution in [1.29, 1.82) is 0 Å². The third kappa shape index (κ3) is 2.09. The highest BCUT2D eigenvalue weighted by Crippen LogP contribution is 2.20. The summed E-state index contributed by atoms with van der Waals surface area (Å²) in [4.78, 5) is 0. The van der Waals surface area contributed by atoms with Gasteiger partial charge in [-0.1, -0.05) is 11.6 Å². The molecule has 0 aromatic heterocycles. The lowest BCUT2D eigenvalue weighted by Crippen LogP contribution is -1.78. The molecular formula is C10H11FO. The van der Waals surface area contributed by atoms with Crippen molar-refractivity contribution < 1.29 is 9.50 Å². The van der Waals surface area contributed by atoms with Crippen molar-refractivity contribution in [2.45, 2.75) is 13.8 Å². The SMILES string of the molecule is CC(C)=Cc1ccc(F)cc1O. The fourth-order valence-electron chi connectivity index (χ4n) is 0.950. The van der Waals surface area contributed by atoms with Gasteiger partial charge in [0.25, 0.3) is 0 Å². The number of aromatic hydroxyl groups is 1. The number of phenolic OH excluding ortho intramolecular Hbond substituents is 1. The summed E-state index contributed by atoms with van der Waals surface area (Å²) >= 11 is 0. The third-order valence-electron chi connectivity index (χ3n) is 1.44. The standard InChI is InChI=1S/C10H11FO/c1-7(2)5-8-3-4-9(11)6-10(8)12/h3-6,12H,1-2H3. The Morgan fingerprint density at radius 1 is 1.42 bits per heavy atom. The van der Waals surface area contributed by atoms with Crippen molar-refractivity contribution in [2.24, 2.45) is 0 Å². The zero-order valence-electron chi connectivity index (χ0n) is 7.13. The van der Waals surface area contributed by atoms with Gasteiger partial charge >= 0.3 is 0 Å². The summed E-state index contributed by atoms with van der Waals surface area (Å²) in [5, 5.41) is 9.26. The molecule has 0 heterocycles. The van der Waals surface area contributed by atoms with Crippen LogP contribution < -0.4 is 0 Å². The van der Waals surface area contributed by atoms with Crippen LogP contribution in [0.1, 0.15) is 19.4 Å². The molecule has 12 heavy (non-hydrogen) atoms. The van der Waals surface area contributed by atoms with Gasteiger partial charge in [-0.2, -0.15) is 0 Å². The molecule has 1 aromatic rings. The molecule has 0 spiro atoms. The van der Waals surface area contributed by atoms with E-state index in [2.05, 4.69) is 0 Å². The van der Waals surface area contributed by atoms with Crippen LogP contribution in [0, 0.1) is 5.82 Å². The molecule has 0 aliphatic heterocycles. The second kappa shape index (κ2) is 3.39. The number of hydrogen-bond acceptors (Lipinski definition) is 1. The zero-order valence-corrected chi connectivity index (χ0v) is 7.13. The summed E-state index contributed by atoms with van der Waals surface area (Å²) in [5.41, 5.74) is 1.72. The Kier molecular flexibility index (Phi) is 2.48. The largest absolute Gasteiger partial charge is 0.507 e. The number of allylic oxidation sites excluding steroid dienone is 1. The molecule has 64 valence electrons. The van der Waals surface area contributed by atoms with E-state index in [1.165, 1.54) is 6.07 Å². The Hall–Kier alpha value is -1.31. The molecule has 1 aromatic carbocycles. The zero-order chi connectivity index (χ0) is 9.14. The predicted octanol–water partition coefficient (Wildman–Crippen LogP) is 2.95. The lowest BCUT2D eigenvalue weighted by Gasteiger charge is -1.99. The van der Waals surface area contributed by atoms with E-state index < -0.39 is 5.82 Å². The first-order valence-corrected chi connectivity index (χ1v) is 3.73. The first-order valence-electron chi connectivity index (χ1n) is 3.73. The van der Waals surface area contributed by atoms with Crippen molar-refractivity contribution in [1.82, 2.24) is 0 Å². The molecule has 0 unspecified atom stereocenters. The maximum absolute atomic E-state index is 12.5. The van der Waals surface area contributed by atoms with E-state index in [1.54, 1.807) is 12.1 Å². The van der Waals surface area contributed by atoms with E-state index in [-0.39, 0.29) is 5.75 Å². The van der Waals surface area contributed by atoms with Crippen molar-refractivity contribution in [3.8, 4) is 5.75 Å². The van der Waals surface area contributed by atoms with E-state index in [0.717, 1.165) is 11.6 Å². The molecule has 0 fully saturated rings. The minimum atomic E-state index is -0.418. The van der Waals surface area contributed by atoms with Crippen LogP contribution in [0.15, 0.2) is 23.8 Å². The van der Waals surface area contributed by atoms with E-state index in [9.17, 15) is 9.50 Å². The molecule has 0 amide bonds. The van der Waals surface area contributed by atoms with Gasteiger partial charge in [-0.25, -0.2) is 4.39 Å². The topological polar surface area (TPSA) is 20.2 Å². The summed E-state index contributed by atoms with van der Waals surface area (Å²) in [6.45, 7) is 3.84. The van der Waals surface area contributed by atoms with Crippen LogP contribution in [-0.4, -0.2) is 5.11 Å². The molecule has 1 N–H and O–H groups in total. The Morgan fingerprint density at radius 3 is 2.58 bits per heavy atom. The van der Waals surface area contributed by atoms with Gasteiger partial charge in [-0.15, -0.1) is 0 Å². The predicted molar refractivity (Wildman–Crippen MR) is 47.4 cm³/mol. The van der Waals surface area contributed by atoms with Crippen LogP contribution in [0.2, 0.25) is 0 Å². The molecule has 1 nitrogen and oxygen atoms in total. The van der Waals surface area contributed by atoms with Crippen LogP contribution in [0.5, 0.6) is 5.75 Å². The van der Waals surface area contributed by atoms with Crippen LogP contribution in [0.3, 0.4) is 0 Å². The first-order chi connectivity index (χ1) is 5.59. The van der Waals surface area contributed by atoms with Gasteiger partial charge in [0.05, 0.1) is 0 Å². The molecular weight excluding hydrogens is 155 g/mol. The molecule has 0 saturated heterocycles. The minimum absolute atomic E-state index is 0.0174. The lowest BCUT2D eigenvalue weighted by atomic mass is 10.1. The minimum Gasteiger partial charge on any atom is -0.507 e. The van der Waals surface area contributed by atoms with Gasteiger partial charge in [-0.3, -0.25) is 0 Å². The van der Waals surface area contributed by atoms with Crippen molar-refractivity contribution >= 4 is 6.08 Å². The molecule has 0 atom stereocenters. The summed E-state index contributed by atoms with van der Waals surface area (Å²) in [6, 6.07) is 3.99. The second-order valence-corrected chi connectivity index (χ2v) is 2.92. The average molecular weight is 166 g/mol. The van der Waals surface area contributed by atoms with Crippen LogP contribution in [0.4, 0.5) is 4.39 Å². The third-order valence-corrected chi connectivity index (χ3v) is 1.44. The quantitative estimate of drug-likeness (QED) is 0.680. The van der Waals surface area contributed by atoms with Crippen molar-refractivity contribution in [2.75, 3.05) is 0 Å². The fourth-order valence-corrected chi connectivity index (χ4v) is 0.950. The van der Waals surface area contributed by atoms with E-state index >= 15 is 0 Å². The Bertz CT molecular complexity index is 312. The summed E-state index contributed by atoms with van der Waals surface area (Å²) < 4.78 is 12.5. The number of benzene rings is 1. The maximum Gasteiger partial charge on any atom is 0.126 e. The Labute approximate surface area is 71.2 Å². The molecule has 0 aliphatic rings. The molecule has 0 saturated carbocycles. The molecule has 2 heteroatoms. The Morgan fingerprint density at radius 2 is 2.08 bits per heavy atom. The number of phenols is 1. The van der Waals surface area contributed by atoms with Gasteiger partial charge in [0.1, 0.15) is 11.6 Å². The molecule has 1 rings (SSSR count). The van der Waals surface area contributed by atoms with Gasteiger partial charge in [0.2, 0.25) is 0 Å². The van der Waals surface area contributed by atoms with Crippen LogP contribution in [-0.2, 0) is 0 Å². The number of hydrogen-bond donors (Lipinski definition) is 1. The normalized spacial score (nSPS) is 9.58. The summed E-state index contributed by atoms with van der Waals surface area (Å²) in [6.07, 6.45) is 1.80. The van der Waals surface area contributed by atoms with Crippen LogP contribution >= 0.6 is 0 Å². The average Bonchev–Trinajstić information content (AvgIpc) is 1.94. The van der Waals surface area contributed by atoms with Crippen molar-refractivity contribution in [3.05, 3.63) is 35.2 Å². The highest BCUT2D eigenvalue weighted by atomic mass is 19.1. The highest BCUT2D eigenvalue weighted by Gasteiger charge is 1.98. The Balaban J connectivity index is 3.10. The smallest absolute Gasteiger partial charge is 0.126 e. The van der Waals surface area contributed by atoms with Gasteiger partial charge in [-0.05, 0) is 26.0 Å². The van der Waals surface area contributed by atoms with Gasteiger partial charge < -0.3 is 5.11 Å². The van der Waals surface area contributed by atoms with Gasteiger partial charge in [0.15, 0.2) is 0 Å². The van der Waals surface area contributed by atoms with E-state index in [0.29, 0.717) is 5.56 Å². The molecule has 0 bridgehead atoms. The number of halogens is 1. The number of rotatable bonds is 1. The molecule has 0 radical (unpaired) electrons. The first kappa shape index (κ1) is 8.78. The summed E-state index contributed by atoms with van der Waals surface area (Å²) in [5.74, 6) is -0.436. The maximum atomic E-state index is 12.5. The summed E-state index contributed by atoms with van der Waals surface area (Å²) in [7, 11) is 0. The van der Waals surface area contributed by atoms with E-state index in [4.69, 9.17) is 0 Å². The lowest BCUT2D eigenvalue weighted by molar-refractivity contribution is 0.468. The van der Waals surface area contributed by atoms with Crippen molar-refractivity contribution in [3.63, 3.8) is 0 Å². The van der Waals surface area contributed by atoms with E-state index in [1.807, 2.05) is 13.8 Å². The van der Waals surface area contributed by atoms with Gasteiger partial charge in [0, 0.05) is 11.6 Å². The van der Waals surface area contributed by atoms with Crippen LogP contribution in [0.25, 0.3) is 6.08 Å². The molecule has 0 aliphatic carbocycles.